The molecule has 0 unspecified atom stereocenters. The maximum Gasteiger partial charge on any atom is 1.00 e. The summed E-state index contributed by atoms with van der Waals surface area (Å²) in [5, 5.41) is 0. The summed E-state index contributed by atoms with van der Waals surface area (Å²) in [7, 11) is -4.68. The Morgan fingerprint density at radius 2 is 0.649 bits per heavy atom. The summed E-state index contributed by atoms with van der Waals surface area (Å²) in [4.78, 5) is 0. The van der Waals surface area contributed by atoms with Crippen LogP contribution in [0.15, 0.2) is 12.1 Å². The number of aryl methyl sites for hydroxylation is 2. The Balaban J connectivity index is 0.0000314. The zero-order chi connectivity index (χ0) is 40.6. The molecule has 330 valence electrons. The molecule has 0 saturated carbocycles. The van der Waals surface area contributed by atoms with Crippen molar-refractivity contribution in [3.05, 3.63) is 28.8 Å². The van der Waals surface area contributed by atoms with Crippen molar-refractivity contribution in [2.75, 3.05) is 159 Å². The van der Waals surface area contributed by atoms with Crippen LogP contribution in [0, 0.1) is 0 Å². The molecule has 0 heterocycles. The van der Waals surface area contributed by atoms with E-state index in [1.165, 1.54) is 16.7 Å². The van der Waals surface area contributed by atoms with Crippen LogP contribution in [0.1, 0.15) is 56.7 Å². The second-order valence-corrected chi connectivity index (χ2v) is 13.3. The van der Waals surface area contributed by atoms with Gasteiger partial charge in [0.2, 0.25) is 10.4 Å². The normalized spacial score (nSPS) is 11.6. The summed E-state index contributed by atoms with van der Waals surface area (Å²) in [6, 6.07) is 4.45. The Morgan fingerprint density at radius 1 is 0.404 bits per heavy atom. The van der Waals surface area contributed by atoms with Crippen molar-refractivity contribution in [3.63, 3.8) is 0 Å². The van der Waals surface area contributed by atoms with Gasteiger partial charge in [0.05, 0.1) is 152 Å². The molecular formula is C39H71NaO16S. The van der Waals surface area contributed by atoms with Crippen LogP contribution in [0.4, 0.5) is 0 Å². The average molecular weight is 851 g/mol. The fourth-order valence-electron chi connectivity index (χ4n) is 5.12. The van der Waals surface area contributed by atoms with Gasteiger partial charge in [0.15, 0.2) is 0 Å². The Morgan fingerprint density at radius 3 is 0.895 bits per heavy atom. The molecule has 0 saturated heterocycles. The molecule has 0 amide bonds. The summed E-state index contributed by atoms with van der Waals surface area (Å²) in [6.07, 6.45) is 6.74. The largest absolute Gasteiger partial charge is 1.00 e. The molecule has 0 atom stereocenters. The number of benzene rings is 1. The monoisotopic (exact) mass is 850 g/mol. The molecule has 0 N–H and O–H groups in total. The summed E-state index contributed by atoms with van der Waals surface area (Å²) < 4.78 is 101. The van der Waals surface area contributed by atoms with Crippen LogP contribution in [0.3, 0.4) is 0 Å². The van der Waals surface area contributed by atoms with Crippen molar-refractivity contribution < 1.29 is 104 Å². The average Bonchev–Trinajstić information content (AvgIpc) is 3.17. The smallest absolute Gasteiger partial charge is 0.726 e. The van der Waals surface area contributed by atoms with E-state index in [0.29, 0.717) is 139 Å². The number of hydrogen-bond acceptors (Lipinski definition) is 16. The van der Waals surface area contributed by atoms with Crippen molar-refractivity contribution >= 4 is 10.4 Å². The minimum Gasteiger partial charge on any atom is -0.726 e. The van der Waals surface area contributed by atoms with Crippen LogP contribution in [-0.4, -0.2) is 172 Å². The molecule has 16 nitrogen and oxygen atoms in total. The third-order valence-corrected chi connectivity index (χ3v) is 8.07. The Hall–Kier alpha value is -0.550. The van der Waals surface area contributed by atoms with Crippen LogP contribution in [-0.2, 0) is 86.0 Å². The molecule has 0 aromatic heterocycles. The van der Waals surface area contributed by atoms with Gasteiger partial charge in [-0.3, -0.25) is 4.18 Å². The Labute approximate surface area is 364 Å². The molecule has 1 rings (SSSR count). The van der Waals surface area contributed by atoms with E-state index >= 15 is 0 Å². The van der Waals surface area contributed by atoms with Crippen molar-refractivity contribution in [3.8, 4) is 5.75 Å². The van der Waals surface area contributed by atoms with Gasteiger partial charge in [-0.1, -0.05) is 40.0 Å². The van der Waals surface area contributed by atoms with E-state index in [2.05, 4.69) is 37.1 Å². The first-order chi connectivity index (χ1) is 27.4. The van der Waals surface area contributed by atoms with E-state index in [4.69, 9.17) is 56.8 Å². The fourth-order valence-corrected chi connectivity index (χ4v) is 5.39. The number of rotatable bonds is 44. The van der Waals surface area contributed by atoms with Gasteiger partial charge in [0.25, 0.3) is 0 Å². The van der Waals surface area contributed by atoms with Crippen molar-refractivity contribution in [1.29, 1.82) is 0 Å². The second-order valence-electron chi connectivity index (χ2n) is 12.3. The van der Waals surface area contributed by atoms with Gasteiger partial charge in [-0.05, 0) is 48.1 Å². The summed E-state index contributed by atoms with van der Waals surface area (Å²) in [6.45, 7) is 16.5. The van der Waals surface area contributed by atoms with Crippen molar-refractivity contribution in [2.24, 2.45) is 0 Å². The summed E-state index contributed by atoms with van der Waals surface area (Å²) in [5.74, 6) is 0.950. The zero-order valence-corrected chi connectivity index (χ0v) is 38.1. The fraction of sp³-hybridized carbons (Fsp3) is 0.846. The summed E-state index contributed by atoms with van der Waals surface area (Å²) >= 11 is 0. The third kappa shape index (κ3) is 37.0. The van der Waals surface area contributed by atoms with E-state index in [1.54, 1.807) is 0 Å². The van der Waals surface area contributed by atoms with Gasteiger partial charge in [-0.15, -0.1) is 0 Å². The van der Waals surface area contributed by atoms with Crippen LogP contribution in [0.5, 0.6) is 5.75 Å². The molecule has 0 aliphatic rings. The molecule has 0 radical (unpaired) electrons. The SMILES string of the molecule is CCCc1cc(OCCOCCOCCOCCOCCOCCOCCOCCOCCOCCOCCOCCOS(=O)(=O)[O-])cc(CCC)c1CCC.[Na+]. The molecule has 0 aliphatic carbocycles. The molecule has 57 heavy (non-hydrogen) atoms. The van der Waals surface area contributed by atoms with Crippen LogP contribution in [0.2, 0.25) is 0 Å². The quantitative estimate of drug-likeness (QED) is 0.0386. The van der Waals surface area contributed by atoms with E-state index in [9.17, 15) is 13.0 Å². The summed E-state index contributed by atoms with van der Waals surface area (Å²) in [5.41, 5.74) is 4.39. The van der Waals surface area contributed by atoms with Gasteiger partial charge in [-0.2, -0.15) is 0 Å². The Kier molecular flexibility index (Phi) is 41.7. The van der Waals surface area contributed by atoms with Gasteiger partial charge in [-0.25, -0.2) is 8.42 Å². The van der Waals surface area contributed by atoms with E-state index in [-0.39, 0.29) is 49.4 Å². The Bertz CT molecular complexity index is 1090. The van der Waals surface area contributed by atoms with Crippen molar-refractivity contribution in [1.82, 2.24) is 0 Å². The molecule has 0 spiro atoms. The maximum absolute atomic E-state index is 10.2. The first-order valence-electron chi connectivity index (χ1n) is 20.1. The van der Waals surface area contributed by atoms with Gasteiger partial charge in [0, 0.05) is 0 Å². The first-order valence-corrected chi connectivity index (χ1v) is 21.5. The van der Waals surface area contributed by atoms with Crippen LogP contribution in [0.25, 0.3) is 0 Å². The second kappa shape index (κ2) is 42.2. The minimum absolute atomic E-state index is 0. The topological polar surface area (TPSA) is 177 Å². The van der Waals surface area contributed by atoms with Crippen LogP contribution < -0.4 is 34.3 Å². The van der Waals surface area contributed by atoms with Gasteiger partial charge < -0.3 is 61.4 Å². The third-order valence-electron chi connectivity index (χ3n) is 7.62. The molecule has 0 aliphatic heterocycles. The van der Waals surface area contributed by atoms with E-state index < -0.39 is 10.4 Å². The molecule has 1 aromatic carbocycles. The van der Waals surface area contributed by atoms with Gasteiger partial charge >= 0.3 is 29.6 Å². The molecule has 18 heteroatoms. The zero-order valence-electron chi connectivity index (χ0n) is 35.3. The number of ether oxygens (including phenoxy) is 12. The van der Waals surface area contributed by atoms with E-state index in [1.807, 2.05) is 0 Å². The van der Waals surface area contributed by atoms with E-state index in [0.717, 1.165) is 44.3 Å². The van der Waals surface area contributed by atoms with Gasteiger partial charge in [0.1, 0.15) is 12.4 Å². The predicted molar refractivity (Wildman–Crippen MR) is 209 cm³/mol. The van der Waals surface area contributed by atoms with Crippen LogP contribution >= 0.6 is 0 Å². The molecule has 0 fully saturated rings. The van der Waals surface area contributed by atoms with Crippen molar-refractivity contribution in [2.45, 2.75) is 59.3 Å². The minimum atomic E-state index is -4.68. The maximum atomic E-state index is 10.2. The molecular weight excluding hydrogens is 779 g/mol. The standard InChI is InChI=1S/C39H72O16S.Na/c1-4-7-36-34-38(35-37(8-5-2)39(36)9-6-3)54-32-30-52-28-26-50-24-22-48-20-18-46-16-14-44-12-10-43-11-13-45-15-17-47-19-21-49-23-25-51-27-29-53-31-33-55-56(40,41)42;/h34-35H,4-33H2,1-3H3,(H,40,41,42);/q;+1/p-1. The number of hydrogen-bond donors (Lipinski definition) is 0. The first kappa shape index (κ1) is 56.5. The molecule has 0 bridgehead atoms. The predicted octanol–water partition coefficient (Wildman–Crippen LogP) is 0.586. The molecule has 1 aromatic rings.